The van der Waals surface area contributed by atoms with Crippen LogP contribution in [0.25, 0.3) is 0 Å². The number of carboxylic acids is 1. The van der Waals surface area contributed by atoms with Gasteiger partial charge in [0.05, 0.1) is 0 Å². The first-order valence-corrected chi connectivity index (χ1v) is 21.2. The smallest absolute Gasteiger partial charge is 0.475 e. The van der Waals surface area contributed by atoms with Crippen LogP contribution in [0.2, 0.25) is 0 Å². The summed E-state index contributed by atoms with van der Waals surface area (Å²) in [7, 11) is 0. The molecule has 4 atom stereocenters. The Morgan fingerprint density at radius 2 is 0.877 bits per heavy atom. The molecule has 4 fully saturated rings. The molecule has 2 saturated carbocycles. The summed E-state index contributed by atoms with van der Waals surface area (Å²) in [5, 5.41) is 13.7. The van der Waals surface area contributed by atoms with Crippen molar-refractivity contribution in [3.8, 4) is 0 Å². The van der Waals surface area contributed by atoms with Gasteiger partial charge in [-0.05, 0) is 155 Å². The molecule has 3 aromatic carbocycles. The largest absolute Gasteiger partial charge is 0.490 e. The van der Waals surface area contributed by atoms with Crippen molar-refractivity contribution < 1.29 is 32.7 Å². The monoisotopic (exact) mass is 784 g/mol. The van der Waals surface area contributed by atoms with Crippen molar-refractivity contribution in [2.75, 3.05) is 13.1 Å². The van der Waals surface area contributed by atoms with Crippen LogP contribution in [0, 0.1) is 11.8 Å². The van der Waals surface area contributed by atoms with E-state index in [1.165, 1.54) is 77.3 Å². The molecule has 4 aliphatic heterocycles. The Kier molecular flexibility index (Phi) is 11.8. The van der Waals surface area contributed by atoms with Crippen LogP contribution in [0.1, 0.15) is 157 Å². The SMILES string of the molecule is O=C(N[C@H]1CC[C@H](CCN2[C@@H]3CC[C@H]2c2ccccc23)CC1)c1cccc(C(=O)N[C@H]2CC[C@H](CCN3[C@@H]4CC[C@H]3c3ccccc34)CC2)c1.O=C(O)C(F)(F)F. The van der Waals surface area contributed by atoms with Gasteiger partial charge in [-0.15, -0.1) is 0 Å². The normalized spacial score (nSPS) is 28.9. The molecule has 6 aliphatic rings. The summed E-state index contributed by atoms with van der Waals surface area (Å²) < 4.78 is 31.7. The molecule has 11 heteroatoms. The summed E-state index contributed by atoms with van der Waals surface area (Å²) in [5.41, 5.74) is 7.46. The highest BCUT2D eigenvalue weighted by molar-refractivity contribution is 5.99. The van der Waals surface area contributed by atoms with E-state index in [1.54, 1.807) is 28.3 Å². The van der Waals surface area contributed by atoms with Crippen LogP contribution in [0.3, 0.4) is 0 Å². The van der Waals surface area contributed by atoms with Crippen LogP contribution in [0.15, 0.2) is 72.8 Å². The zero-order valence-electron chi connectivity index (χ0n) is 32.6. The number of aliphatic carboxylic acids is 1. The van der Waals surface area contributed by atoms with Gasteiger partial charge in [-0.3, -0.25) is 19.4 Å². The lowest BCUT2D eigenvalue weighted by Gasteiger charge is -2.31. The number of nitrogens with one attached hydrogen (secondary N) is 2. The molecule has 9 rings (SSSR count). The highest BCUT2D eigenvalue weighted by atomic mass is 19.4. The molecule has 0 aromatic heterocycles. The van der Waals surface area contributed by atoms with Crippen LogP contribution in [-0.4, -0.2) is 64.0 Å². The first kappa shape index (κ1) is 39.6. The molecule has 4 heterocycles. The highest BCUT2D eigenvalue weighted by Gasteiger charge is 2.44. The number of amides is 2. The molecule has 57 heavy (non-hydrogen) atoms. The summed E-state index contributed by atoms with van der Waals surface area (Å²) in [6, 6.07) is 28.4. The summed E-state index contributed by atoms with van der Waals surface area (Å²) >= 11 is 0. The average Bonchev–Trinajstić information content (AvgIpc) is 3.98. The molecule has 0 radical (unpaired) electrons. The molecule has 8 nitrogen and oxygen atoms in total. The number of hydrogen-bond acceptors (Lipinski definition) is 5. The van der Waals surface area contributed by atoms with E-state index >= 15 is 0 Å². The summed E-state index contributed by atoms with van der Waals surface area (Å²) in [4.78, 5) is 41.0. The van der Waals surface area contributed by atoms with Crippen LogP contribution in [-0.2, 0) is 4.79 Å². The van der Waals surface area contributed by atoms with Gasteiger partial charge >= 0.3 is 12.1 Å². The number of nitrogens with zero attached hydrogens (tertiary/aromatic N) is 2. The van der Waals surface area contributed by atoms with Gasteiger partial charge in [0.2, 0.25) is 0 Å². The molecular weight excluding hydrogens is 730 g/mol. The Hall–Kier alpha value is -4.22. The second-order valence-corrected chi connectivity index (χ2v) is 17.3. The Morgan fingerprint density at radius 1 is 0.544 bits per heavy atom. The second-order valence-electron chi connectivity index (χ2n) is 17.3. The predicted octanol–water partition coefficient (Wildman–Crippen LogP) is 9.46. The first-order chi connectivity index (χ1) is 27.5. The predicted molar refractivity (Wildman–Crippen MR) is 212 cm³/mol. The van der Waals surface area contributed by atoms with Crippen LogP contribution in [0.4, 0.5) is 13.2 Å². The number of rotatable bonds is 10. The Bertz CT molecular complexity index is 1740. The van der Waals surface area contributed by atoms with Gasteiger partial charge in [-0.25, -0.2) is 4.79 Å². The van der Waals surface area contributed by atoms with Gasteiger partial charge in [-0.2, -0.15) is 13.2 Å². The van der Waals surface area contributed by atoms with Gasteiger partial charge in [0.1, 0.15) is 0 Å². The molecule has 4 bridgehead atoms. The summed E-state index contributed by atoms with van der Waals surface area (Å²) in [6.07, 6.45) is 11.5. The Labute approximate surface area is 333 Å². The maximum atomic E-state index is 13.3. The van der Waals surface area contributed by atoms with E-state index in [1.807, 2.05) is 18.2 Å². The van der Waals surface area contributed by atoms with Gasteiger partial charge in [0.15, 0.2) is 0 Å². The van der Waals surface area contributed by atoms with E-state index in [2.05, 4.69) is 69.0 Å². The lowest BCUT2D eigenvalue weighted by atomic mass is 9.83. The van der Waals surface area contributed by atoms with Crippen molar-refractivity contribution in [2.45, 2.75) is 132 Å². The number of halogens is 3. The number of fused-ring (bicyclic) bond motifs is 10. The molecule has 0 unspecified atom stereocenters. The minimum Gasteiger partial charge on any atom is -0.475 e. The Balaban J connectivity index is 0.000000598. The van der Waals surface area contributed by atoms with Crippen LogP contribution < -0.4 is 10.6 Å². The van der Waals surface area contributed by atoms with Gasteiger partial charge in [-0.1, -0.05) is 54.6 Å². The maximum absolute atomic E-state index is 13.3. The molecule has 2 aliphatic carbocycles. The van der Waals surface area contributed by atoms with Gasteiger partial charge < -0.3 is 15.7 Å². The first-order valence-electron chi connectivity index (χ1n) is 21.2. The number of carbonyl (C=O) groups is 3. The molecule has 2 saturated heterocycles. The Morgan fingerprint density at radius 3 is 1.19 bits per heavy atom. The molecular formula is C46H55F3N4O4. The number of benzene rings is 3. The van der Waals surface area contributed by atoms with E-state index in [-0.39, 0.29) is 23.9 Å². The van der Waals surface area contributed by atoms with E-state index in [0.717, 1.165) is 37.5 Å². The molecule has 3 N–H and O–H groups in total. The van der Waals surface area contributed by atoms with E-state index < -0.39 is 12.1 Å². The zero-order chi connectivity index (χ0) is 39.7. The zero-order valence-corrected chi connectivity index (χ0v) is 32.6. The highest BCUT2D eigenvalue weighted by Crippen LogP contribution is 2.54. The maximum Gasteiger partial charge on any atom is 0.490 e. The van der Waals surface area contributed by atoms with Crippen molar-refractivity contribution in [3.63, 3.8) is 0 Å². The minimum atomic E-state index is -5.08. The van der Waals surface area contributed by atoms with Gasteiger partial charge in [0, 0.05) is 47.4 Å². The van der Waals surface area contributed by atoms with Crippen LogP contribution in [0.5, 0.6) is 0 Å². The molecule has 2 amide bonds. The standard InChI is InChI=1S/C44H54N4O2.C2HF3O2/c49-43(45-33-16-12-29(13-17-33)24-26-47-39-20-21-40(47)36-9-2-1-8-35(36)39)31-6-5-7-32(28-31)44(50)46-34-18-14-30(15-19-34)25-27-48-41-22-23-42(48)38-11-4-3-10-37(38)41;3-2(4,5)1(6)7/h1-11,28-30,33-34,39-42H,12-27H2,(H,45,49)(H,46,50);(H,6,7)/t29-,30-,33-,34-,39-,40+,41-,42+;. The average molecular weight is 785 g/mol. The topological polar surface area (TPSA) is 102 Å². The van der Waals surface area contributed by atoms with Crippen LogP contribution >= 0.6 is 0 Å². The molecule has 3 aromatic rings. The third kappa shape index (κ3) is 8.65. The minimum absolute atomic E-state index is 0.0513. The van der Waals surface area contributed by atoms with E-state index in [9.17, 15) is 22.8 Å². The fourth-order valence-corrected chi connectivity index (χ4v) is 11.1. The van der Waals surface area contributed by atoms with E-state index in [4.69, 9.17) is 9.90 Å². The second kappa shape index (κ2) is 16.9. The summed E-state index contributed by atoms with van der Waals surface area (Å²) in [5.74, 6) is -1.38. The van der Waals surface area contributed by atoms with E-state index in [0.29, 0.717) is 35.3 Å². The van der Waals surface area contributed by atoms with Crippen molar-refractivity contribution >= 4 is 17.8 Å². The van der Waals surface area contributed by atoms with Crippen molar-refractivity contribution in [1.82, 2.24) is 20.4 Å². The van der Waals surface area contributed by atoms with Crippen molar-refractivity contribution in [1.29, 1.82) is 0 Å². The summed E-state index contributed by atoms with van der Waals surface area (Å²) in [6.45, 7) is 2.38. The quantitative estimate of drug-likeness (QED) is 0.190. The fraction of sp³-hybridized carbons (Fsp3) is 0.543. The molecule has 304 valence electrons. The number of alkyl halides is 3. The fourth-order valence-electron chi connectivity index (χ4n) is 11.1. The lowest BCUT2D eigenvalue weighted by Crippen LogP contribution is -2.39. The number of carbonyl (C=O) groups excluding carboxylic acids is 2. The lowest BCUT2D eigenvalue weighted by molar-refractivity contribution is -0.192. The van der Waals surface area contributed by atoms with Crippen molar-refractivity contribution in [3.05, 3.63) is 106 Å². The molecule has 0 spiro atoms. The van der Waals surface area contributed by atoms with Gasteiger partial charge in [0.25, 0.3) is 11.8 Å². The third-order valence-corrected chi connectivity index (χ3v) is 14.0. The number of hydrogen-bond donors (Lipinski definition) is 3. The van der Waals surface area contributed by atoms with Crippen molar-refractivity contribution in [2.24, 2.45) is 11.8 Å². The third-order valence-electron chi connectivity index (χ3n) is 14.0. The number of carboxylic acid groups (broad SMARTS) is 1.